The molecule has 154 valence electrons. The van der Waals surface area contributed by atoms with E-state index in [9.17, 15) is 4.79 Å². The summed E-state index contributed by atoms with van der Waals surface area (Å²) in [4.78, 5) is 12.5. The lowest BCUT2D eigenvalue weighted by Crippen LogP contribution is -2.15. The summed E-state index contributed by atoms with van der Waals surface area (Å²) >= 11 is 4.61. The number of thioether (sulfide) groups is 1. The van der Waals surface area contributed by atoms with Gasteiger partial charge in [-0.15, -0.1) is 10.2 Å². The van der Waals surface area contributed by atoms with E-state index in [1.54, 1.807) is 32.4 Å². The van der Waals surface area contributed by atoms with Gasteiger partial charge < -0.3 is 19.2 Å². The Labute approximate surface area is 181 Å². The van der Waals surface area contributed by atoms with E-state index in [1.807, 2.05) is 16.7 Å². The summed E-state index contributed by atoms with van der Waals surface area (Å²) in [5.74, 6) is 2.43. The molecule has 2 aromatic heterocycles. The monoisotopic (exact) mass is 480 g/mol. The fourth-order valence-corrected chi connectivity index (χ4v) is 3.74. The number of ether oxygens (including phenoxy) is 2. The van der Waals surface area contributed by atoms with Crippen molar-refractivity contribution in [3.05, 3.63) is 35.0 Å². The largest absolute Gasteiger partial charge is 0.497 e. The summed E-state index contributed by atoms with van der Waals surface area (Å²) in [6.45, 7) is 2.78. The van der Waals surface area contributed by atoms with E-state index < -0.39 is 0 Å². The third kappa shape index (κ3) is 5.13. The Balaban J connectivity index is 1.71. The van der Waals surface area contributed by atoms with E-state index >= 15 is 0 Å². The molecule has 0 aliphatic carbocycles. The predicted molar refractivity (Wildman–Crippen MR) is 115 cm³/mol. The Hall–Kier alpha value is -2.46. The minimum atomic E-state index is -0.185. The molecule has 8 nitrogen and oxygen atoms in total. The van der Waals surface area contributed by atoms with Gasteiger partial charge in [0.15, 0.2) is 15.6 Å². The number of furan rings is 1. The highest BCUT2D eigenvalue weighted by Crippen LogP contribution is 2.30. The van der Waals surface area contributed by atoms with Crippen molar-refractivity contribution in [1.82, 2.24) is 14.8 Å². The highest BCUT2D eigenvalue weighted by Gasteiger charge is 2.18. The molecule has 0 radical (unpaired) electrons. The number of methoxy groups -OCH3 is 2. The van der Waals surface area contributed by atoms with Crippen LogP contribution >= 0.6 is 27.7 Å². The molecule has 0 atom stereocenters. The van der Waals surface area contributed by atoms with Crippen molar-refractivity contribution in [3.8, 4) is 23.1 Å². The van der Waals surface area contributed by atoms with Gasteiger partial charge in [0.25, 0.3) is 0 Å². The van der Waals surface area contributed by atoms with Gasteiger partial charge >= 0.3 is 0 Å². The average Bonchev–Trinajstić information content (AvgIpc) is 3.32. The number of benzene rings is 1. The van der Waals surface area contributed by atoms with Crippen LogP contribution in [0, 0.1) is 0 Å². The zero-order chi connectivity index (χ0) is 20.8. The van der Waals surface area contributed by atoms with E-state index in [0.29, 0.717) is 45.1 Å². The zero-order valence-corrected chi connectivity index (χ0v) is 18.7. The number of hydrogen-bond donors (Lipinski definition) is 1. The molecular weight excluding hydrogens is 460 g/mol. The smallest absolute Gasteiger partial charge is 0.234 e. The van der Waals surface area contributed by atoms with Gasteiger partial charge in [0.2, 0.25) is 11.7 Å². The van der Waals surface area contributed by atoms with Gasteiger partial charge in [-0.3, -0.25) is 9.36 Å². The molecule has 0 saturated carbocycles. The zero-order valence-electron chi connectivity index (χ0n) is 16.3. The second-order valence-electron chi connectivity index (χ2n) is 5.96. The lowest BCUT2D eigenvalue weighted by atomic mass is 10.2. The molecule has 3 rings (SSSR count). The van der Waals surface area contributed by atoms with Crippen LogP contribution in [0.5, 0.6) is 11.5 Å². The molecule has 0 fully saturated rings. The number of amides is 1. The van der Waals surface area contributed by atoms with Gasteiger partial charge in [-0.2, -0.15) is 0 Å². The summed E-state index contributed by atoms with van der Waals surface area (Å²) in [5.41, 5.74) is 0.550. The first-order valence-corrected chi connectivity index (χ1v) is 10.7. The van der Waals surface area contributed by atoms with Crippen LogP contribution in [0.15, 0.2) is 44.6 Å². The fraction of sp³-hybridized carbons (Fsp3) is 0.316. The topological polar surface area (TPSA) is 91.4 Å². The third-order valence-corrected chi connectivity index (χ3v) is 5.36. The molecule has 2 heterocycles. The number of nitrogens with one attached hydrogen (secondary N) is 1. The van der Waals surface area contributed by atoms with Gasteiger partial charge in [0, 0.05) is 12.6 Å². The van der Waals surface area contributed by atoms with Crippen molar-refractivity contribution in [2.24, 2.45) is 0 Å². The predicted octanol–water partition coefficient (Wildman–Crippen LogP) is 4.46. The maximum atomic E-state index is 12.5. The molecule has 0 saturated heterocycles. The van der Waals surface area contributed by atoms with Crippen molar-refractivity contribution in [2.75, 3.05) is 25.3 Å². The Morgan fingerprint density at radius 2 is 2.07 bits per heavy atom. The Morgan fingerprint density at radius 1 is 1.24 bits per heavy atom. The van der Waals surface area contributed by atoms with Crippen LogP contribution < -0.4 is 14.8 Å². The number of halogens is 1. The number of aromatic nitrogens is 3. The quantitative estimate of drug-likeness (QED) is 0.452. The number of carbonyl (C=O) groups is 1. The summed E-state index contributed by atoms with van der Waals surface area (Å²) in [7, 11) is 3.12. The van der Waals surface area contributed by atoms with E-state index in [-0.39, 0.29) is 11.7 Å². The number of carbonyl (C=O) groups excluding carboxylic acids is 1. The van der Waals surface area contributed by atoms with Crippen molar-refractivity contribution in [2.45, 2.75) is 25.0 Å². The van der Waals surface area contributed by atoms with E-state index in [2.05, 4.69) is 38.4 Å². The van der Waals surface area contributed by atoms with Crippen LogP contribution in [0.25, 0.3) is 11.6 Å². The van der Waals surface area contributed by atoms with E-state index in [0.717, 1.165) is 6.42 Å². The average molecular weight is 481 g/mol. The maximum absolute atomic E-state index is 12.5. The molecule has 0 unspecified atom stereocenters. The number of rotatable bonds is 9. The lowest BCUT2D eigenvalue weighted by Gasteiger charge is -2.12. The van der Waals surface area contributed by atoms with Gasteiger partial charge in [-0.1, -0.05) is 18.7 Å². The number of anilines is 1. The number of nitrogens with zero attached hydrogens (tertiary/aromatic N) is 3. The van der Waals surface area contributed by atoms with Crippen LogP contribution in [-0.4, -0.2) is 40.6 Å². The third-order valence-electron chi connectivity index (χ3n) is 3.97. The molecule has 1 N–H and O–H groups in total. The maximum Gasteiger partial charge on any atom is 0.234 e. The normalized spacial score (nSPS) is 10.8. The minimum absolute atomic E-state index is 0.171. The first-order chi connectivity index (χ1) is 14.0. The van der Waals surface area contributed by atoms with Crippen LogP contribution in [-0.2, 0) is 11.3 Å². The molecule has 3 aromatic rings. The van der Waals surface area contributed by atoms with Crippen LogP contribution in [0.3, 0.4) is 0 Å². The highest BCUT2D eigenvalue weighted by atomic mass is 79.9. The van der Waals surface area contributed by atoms with Crippen LogP contribution in [0.1, 0.15) is 13.3 Å². The second kappa shape index (κ2) is 9.84. The summed E-state index contributed by atoms with van der Waals surface area (Å²) < 4.78 is 18.7. The fourth-order valence-electron chi connectivity index (χ4n) is 2.67. The molecule has 10 heteroatoms. The first kappa shape index (κ1) is 21.3. The Bertz CT molecular complexity index is 989. The van der Waals surface area contributed by atoms with Crippen LogP contribution in [0.4, 0.5) is 5.69 Å². The summed E-state index contributed by atoms with van der Waals surface area (Å²) in [6.07, 6.45) is 0.897. The number of hydrogen-bond acceptors (Lipinski definition) is 7. The summed E-state index contributed by atoms with van der Waals surface area (Å²) in [5, 5.41) is 12.0. The van der Waals surface area contributed by atoms with Crippen molar-refractivity contribution >= 4 is 39.3 Å². The van der Waals surface area contributed by atoms with E-state index in [1.165, 1.54) is 11.8 Å². The molecule has 1 amide bonds. The second-order valence-corrected chi connectivity index (χ2v) is 7.69. The van der Waals surface area contributed by atoms with Gasteiger partial charge in [0.05, 0.1) is 25.7 Å². The first-order valence-electron chi connectivity index (χ1n) is 8.89. The molecule has 0 aliphatic rings. The SMILES string of the molecule is CCCn1c(SCC(=O)Nc2cc(OC)ccc2OC)nnc1-c1ccc(Br)o1. The van der Waals surface area contributed by atoms with Gasteiger partial charge in [-0.05, 0) is 46.6 Å². The van der Waals surface area contributed by atoms with E-state index in [4.69, 9.17) is 13.9 Å². The Morgan fingerprint density at radius 3 is 2.72 bits per heavy atom. The van der Waals surface area contributed by atoms with Crippen LogP contribution in [0.2, 0.25) is 0 Å². The minimum Gasteiger partial charge on any atom is -0.497 e. The van der Waals surface area contributed by atoms with Crippen molar-refractivity contribution < 1.29 is 18.7 Å². The van der Waals surface area contributed by atoms with Gasteiger partial charge in [0.1, 0.15) is 11.5 Å². The molecule has 0 spiro atoms. The van der Waals surface area contributed by atoms with Crippen molar-refractivity contribution in [1.29, 1.82) is 0 Å². The van der Waals surface area contributed by atoms with Crippen molar-refractivity contribution in [3.63, 3.8) is 0 Å². The standard InChI is InChI=1S/C19H21BrN4O4S/c1-4-9-24-18(15-7-8-16(20)28-15)22-23-19(24)29-11-17(25)21-13-10-12(26-2)5-6-14(13)27-3/h5-8,10H,4,9,11H2,1-3H3,(H,21,25). The molecular formula is C19H21BrN4O4S. The molecule has 29 heavy (non-hydrogen) atoms. The molecule has 0 aliphatic heterocycles. The highest BCUT2D eigenvalue weighted by molar-refractivity contribution is 9.10. The molecule has 1 aromatic carbocycles. The molecule has 0 bridgehead atoms. The lowest BCUT2D eigenvalue weighted by molar-refractivity contribution is -0.113. The van der Waals surface area contributed by atoms with Gasteiger partial charge in [-0.25, -0.2) is 0 Å². The summed E-state index contributed by atoms with van der Waals surface area (Å²) in [6, 6.07) is 8.87. The Kier molecular flexibility index (Phi) is 7.21.